The molecule has 0 saturated carbocycles. The van der Waals surface area contributed by atoms with Crippen molar-refractivity contribution in [2.24, 2.45) is 0 Å². The molecule has 0 nitrogen and oxygen atoms in total. The average molecular weight is 661 g/mol. The third-order valence-electron chi connectivity index (χ3n) is 6.62. The summed E-state index contributed by atoms with van der Waals surface area (Å²) in [4.78, 5) is 0. The fourth-order valence-corrected chi connectivity index (χ4v) is 10.5. The van der Waals surface area contributed by atoms with Crippen molar-refractivity contribution in [3.8, 4) is 0 Å². The predicted octanol–water partition coefficient (Wildman–Crippen LogP) is 8.52. The van der Waals surface area contributed by atoms with Gasteiger partial charge in [-0.25, -0.2) is 12.1 Å². The van der Waals surface area contributed by atoms with E-state index in [1.54, 1.807) is 0 Å². The van der Waals surface area contributed by atoms with Gasteiger partial charge in [0.2, 0.25) is 0 Å². The molecule has 0 aliphatic rings. The second-order valence-corrected chi connectivity index (χ2v) is 14.8. The van der Waals surface area contributed by atoms with Gasteiger partial charge in [-0.3, -0.25) is 0 Å². The second-order valence-electron chi connectivity index (χ2n) is 9.19. The summed E-state index contributed by atoms with van der Waals surface area (Å²) < 4.78 is 1.16. The summed E-state index contributed by atoms with van der Waals surface area (Å²) in [6.45, 7) is 2.42. The summed E-state index contributed by atoms with van der Waals surface area (Å²) in [5.74, 6) is 0. The Balaban J connectivity index is 0.000000470. The third kappa shape index (κ3) is 7.59. The van der Waals surface area contributed by atoms with E-state index in [4.69, 9.17) is 0 Å². The molecule has 6 aromatic carbocycles. The molecule has 6 rings (SSSR count). The molecule has 0 radical (unpaired) electrons. The molecule has 0 saturated heterocycles. The fourth-order valence-electron chi connectivity index (χ4n) is 4.83. The van der Waals surface area contributed by atoms with E-state index >= 15 is 0 Å². The molecule has 0 amide bonds. The van der Waals surface area contributed by atoms with Crippen LogP contribution < -0.4 is 26.5 Å². The molecular formula is C36H31BrFeP2-6. The summed E-state index contributed by atoms with van der Waals surface area (Å²) in [6.07, 6.45) is 0. The Labute approximate surface area is 260 Å². The first-order valence-corrected chi connectivity index (χ1v) is 16.7. The van der Waals surface area contributed by atoms with Crippen LogP contribution in [0, 0.1) is 0 Å². The van der Waals surface area contributed by atoms with Gasteiger partial charge >= 0.3 is 0 Å². The zero-order chi connectivity index (χ0) is 26.9. The van der Waals surface area contributed by atoms with Gasteiger partial charge < -0.3 is 44.7 Å². The molecule has 0 aliphatic carbocycles. The van der Waals surface area contributed by atoms with Crippen LogP contribution in [0.5, 0.6) is 0 Å². The van der Waals surface area contributed by atoms with Crippen molar-refractivity contribution in [3.63, 3.8) is 0 Å². The minimum Gasteiger partial charge on any atom is -0.747 e. The SMILES string of the molecule is Br[c-]1[cH-][cH-][cH-][cH-]1.CC([c-]1cccc1P(c1ccccc1)c1ccccc1)P(c1ccccc1)c1ccccc1.[Fe]. The van der Waals surface area contributed by atoms with Crippen molar-refractivity contribution in [1.82, 2.24) is 0 Å². The molecule has 40 heavy (non-hydrogen) atoms. The summed E-state index contributed by atoms with van der Waals surface area (Å²) in [5.41, 5.74) is 1.89. The van der Waals surface area contributed by atoms with Gasteiger partial charge in [0.25, 0.3) is 0 Å². The van der Waals surface area contributed by atoms with Crippen LogP contribution in [-0.4, -0.2) is 0 Å². The topological polar surface area (TPSA) is 0 Å². The molecule has 0 heterocycles. The van der Waals surface area contributed by atoms with E-state index in [-0.39, 0.29) is 17.1 Å². The third-order valence-corrected chi connectivity index (χ3v) is 12.4. The minimum atomic E-state index is -0.614. The molecule has 0 aromatic heterocycles. The van der Waals surface area contributed by atoms with E-state index in [1.165, 1.54) is 32.1 Å². The number of halogens is 1. The molecule has 1 atom stereocenters. The van der Waals surface area contributed by atoms with Crippen LogP contribution in [0.15, 0.2) is 168 Å². The smallest absolute Gasteiger partial charge is 0 e. The van der Waals surface area contributed by atoms with E-state index in [1.807, 2.05) is 24.3 Å². The van der Waals surface area contributed by atoms with Crippen LogP contribution in [0.3, 0.4) is 0 Å². The van der Waals surface area contributed by atoms with Crippen LogP contribution in [-0.2, 0) is 17.1 Å². The van der Waals surface area contributed by atoms with E-state index in [2.05, 4.69) is 162 Å². The Morgan fingerprint density at radius 1 is 0.575 bits per heavy atom. The van der Waals surface area contributed by atoms with Crippen molar-refractivity contribution in [2.75, 3.05) is 0 Å². The van der Waals surface area contributed by atoms with Crippen molar-refractivity contribution >= 4 is 58.3 Å². The van der Waals surface area contributed by atoms with Gasteiger partial charge in [0.15, 0.2) is 0 Å². The van der Waals surface area contributed by atoms with Crippen molar-refractivity contribution in [1.29, 1.82) is 0 Å². The van der Waals surface area contributed by atoms with Gasteiger partial charge in [0.1, 0.15) is 0 Å². The molecule has 206 valence electrons. The zero-order valence-corrected chi connectivity index (χ0v) is 26.8. The van der Waals surface area contributed by atoms with Gasteiger partial charge in [0, 0.05) is 17.1 Å². The molecule has 0 N–H and O–H groups in total. The first-order valence-electron chi connectivity index (χ1n) is 13.1. The van der Waals surface area contributed by atoms with Crippen LogP contribution in [0.1, 0.15) is 18.1 Å². The van der Waals surface area contributed by atoms with Gasteiger partial charge in [-0.05, 0) is 42.7 Å². The number of hydrogen-bond acceptors (Lipinski definition) is 0. The van der Waals surface area contributed by atoms with Crippen LogP contribution in [0.2, 0.25) is 0 Å². The van der Waals surface area contributed by atoms with Crippen LogP contribution >= 0.6 is 31.8 Å². The van der Waals surface area contributed by atoms with Crippen molar-refractivity contribution in [3.05, 3.63) is 174 Å². The van der Waals surface area contributed by atoms with E-state index in [9.17, 15) is 0 Å². The van der Waals surface area contributed by atoms with Crippen molar-refractivity contribution in [2.45, 2.75) is 12.6 Å². The number of rotatable bonds is 7. The van der Waals surface area contributed by atoms with E-state index < -0.39 is 15.8 Å². The Morgan fingerprint density at radius 3 is 1.35 bits per heavy atom. The van der Waals surface area contributed by atoms with E-state index in [0.717, 1.165) is 4.47 Å². The summed E-state index contributed by atoms with van der Waals surface area (Å²) in [7, 11) is -1.15. The molecule has 6 aromatic rings. The maximum atomic E-state index is 3.28. The summed E-state index contributed by atoms with van der Waals surface area (Å²) >= 11 is 3.28. The quantitative estimate of drug-likeness (QED) is 0.0915. The number of hydrogen-bond donors (Lipinski definition) is 0. The molecule has 0 spiro atoms. The minimum absolute atomic E-state index is 0. The number of benzene rings is 4. The summed E-state index contributed by atoms with van der Waals surface area (Å²) in [5, 5.41) is 7.16. The molecular weight excluding hydrogens is 630 g/mol. The summed E-state index contributed by atoms with van der Waals surface area (Å²) in [6, 6.07) is 59.1. The Bertz CT molecular complexity index is 1440. The van der Waals surface area contributed by atoms with Gasteiger partial charge in [-0.15, -0.1) is 10.9 Å². The Kier molecular flexibility index (Phi) is 11.7. The van der Waals surface area contributed by atoms with Gasteiger partial charge in [-0.2, -0.15) is 6.07 Å². The predicted molar refractivity (Wildman–Crippen MR) is 178 cm³/mol. The first-order chi connectivity index (χ1) is 19.2. The van der Waals surface area contributed by atoms with Crippen LogP contribution in [0.4, 0.5) is 0 Å². The molecule has 0 aliphatic heterocycles. The molecule has 0 fully saturated rings. The monoisotopic (exact) mass is 660 g/mol. The Hall–Kier alpha value is -2.56. The molecule has 4 heteroatoms. The second kappa shape index (κ2) is 15.4. The van der Waals surface area contributed by atoms with Gasteiger partial charge in [0.05, 0.1) is 0 Å². The Morgan fingerprint density at radius 2 is 0.975 bits per heavy atom. The van der Waals surface area contributed by atoms with Gasteiger partial charge in [-0.1, -0.05) is 128 Å². The molecule has 1 unspecified atom stereocenters. The standard InChI is InChI=1S/C31H27P2.C5H4Br.Fe/c1-25(32(26-15-6-2-7-16-26)27-17-8-3-9-18-27)30-23-14-24-31(30)33(28-19-10-4-11-20-28)29-21-12-5-13-22-29;6-5-3-1-2-4-5;/h2-25H,1H3;1-4H;/q-1;-5;. The normalized spacial score (nSPS) is 11.4. The first kappa shape index (κ1) is 30.4. The van der Waals surface area contributed by atoms with Crippen molar-refractivity contribution < 1.29 is 17.1 Å². The maximum Gasteiger partial charge on any atom is 0 e. The maximum absolute atomic E-state index is 3.28. The molecule has 0 bridgehead atoms. The average Bonchev–Trinajstić information content (AvgIpc) is 3.68. The largest absolute Gasteiger partial charge is 0.747 e. The van der Waals surface area contributed by atoms with E-state index in [0.29, 0.717) is 5.66 Å². The fraction of sp³-hybridized carbons (Fsp3) is 0.0556. The zero-order valence-electron chi connectivity index (χ0n) is 22.3. The van der Waals surface area contributed by atoms with Crippen LogP contribution in [0.25, 0.3) is 0 Å².